The Balaban J connectivity index is 1.90. The molecule has 1 aliphatic rings. The number of rotatable bonds is 4. The van der Waals surface area contributed by atoms with E-state index in [9.17, 15) is 20.2 Å². The first kappa shape index (κ1) is 16.0. The monoisotopic (exact) mass is 442 g/mol. The van der Waals surface area contributed by atoms with Gasteiger partial charge in [0.25, 0.3) is 11.4 Å². The second kappa shape index (κ2) is 5.99. The topological polar surface area (TPSA) is 98.8 Å². The van der Waals surface area contributed by atoms with Gasteiger partial charge in [0.1, 0.15) is 12.2 Å². The van der Waals surface area contributed by atoms with E-state index in [1.807, 2.05) is 0 Å². The van der Waals surface area contributed by atoms with Crippen molar-refractivity contribution in [2.24, 2.45) is 0 Å². The zero-order chi connectivity index (χ0) is 16.7. The Bertz CT molecular complexity index is 759. The van der Waals surface area contributed by atoms with Gasteiger partial charge in [-0.1, -0.05) is 31.9 Å². The zero-order valence-electron chi connectivity index (χ0n) is 11.3. The van der Waals surface area contributed by atoms with Crippen molar-refractivity contribution in [1.82, 2.24) is 0 Å². The Hall–Kier alpha value is -1.84. The van der Waals surface area contributed by atoms with Gasteiger partial charge in [-0.2, -0.15) is 0 Å². The van der Waals surface area contributed by atoms with Gasteiger partial charge in [-0.05, 0) is 23.3 Å². The molecule has 2 aromatic rings. The van der Waals surface area contributed by atoms with Crippen molar-refractivity contribution in [2.75, 3.05) is 0 Å². The zero-order valence-corrected chi connectivity index (χ0v) is 14.5. The van der Waals surface area contributed by atoms with E-state index in [4.69, 9.17) is 4.74 Å². The van der Waals surface area contributed by atoms with E-state index in [0.717, 1.165) is 0 Å². The Kier molecular flexibility index (Phi) is 4.17. The lowest BCUT2D eigenvalue weighted by Gasteiger charge is -2.01. The molecule has 3 rings (SSSR count). The van der Waals surface area contributed by atoms with Crippen molar-refractivity contribution in [1.29, 1.82) is 0 Å². The minimum atomic E-state index is -0.477. The third kappa shape index (κ3) is 3.41. The van der Waals surface area contributed by atoms with Crippen LogP contribution in [0.4, 0.5) is 11.4 Å². The summed E-state index contributed by atoms with van der Waals surface area (Å²) in [7, 11) is 0. The summed E-state index contributed by atoms with van der Waals surface area (Å²) in [6.07, 6.45) is -0.722. The molecule has 1 heterocycles. The van der Waals surface area contributed by atoms with Gasteiger partial charge in [0.15, 0.2) is 0 Å². The number of nitro groups is 2. The van der Waals surface area contributed by atoms with Crippen molar-refractivity contribution in [3.63, 3.8) is 0 Å². The summed E-state index contributed by atoms with van der Waals surface area (Å²) in [5, 5.41) is 21.9. The lowest BCUT2D eigenvalue weighted by Crippen LogP contribution is -1.93. The summed E-state index contributed by atoms with van der Waals surface area (Å²) in [5.41, 5.74) is 1.23. The molecule has 0 spiro atoms. The van der Waals surface area contributed by atoms with Crippen LogP contribution in [0.3, 0.4) is 0 Å². The summed E-state index contributed by atoms with van der Waals surface area (Å²) in [4.78, 5) is 20.9. The average Bonchev–Trinajstić information content (AvgIpc) is 3.26. The third-order valence-corrected chi connectivity index (χ3v) is 4.30. The molecule has 0 saturated carbocycles. The van der Waals surface area contributed by atoms with Crippen LogP contribution in [0.1, 0.15) is 23.3 Å². The molecular formula is C14H8Br2N2O5. The summed E-state index contributed by atoms with van der Waals surface area (Å²) in [5.74, 6) is 0. The maximum absolute atomic E-state index is 10.9. The van der Waals surface area contributed by atoms with Crippen LogP contribution in [0.5, 0.6) is 0 Å². The standard InChI is InChI=1S/C14H8Br2N2O5/c15-9-1-7(3-11(5-9)17(19)20)13-14(23-13)8-2-10(16)6-12(4-8)18(21)22/h1-6,13-14H/t13-,14-/m0/s1. The molecule has 2 atom stereocenters. The van der Waals surface area contributed by atoms with Crippen LogP contribution in [-0.4, -0.2) is 9.85 Å². The second-order valence-electron chi connectivity index (χ2n) is 4.98. The van der Waals surface area contributed by atoms with Gasteiger partial charge in [0, 0.05) is 33.2 Å². The number of hydrogen-bond acceptors (Lipinski definition) is 5. The van der Waals surface area contributed by atoms with E-state index in [1.54, 1.807) is 12.1 Å². The molecule has 7 nitrogen and oxygen atoms in total. The quantitative estimate of drug-likeness (QED) is 0.382. The highest BCUT2D eigenvalue weighted by Gasteiger charge is 2.43. The lowest BCUT2D eigenvalue weighted by molar-refractivity contribution is -0.385. The fraction of sp³-hybridized carbons (Fsp3) is 0.143. The molecule has 0 radical (unpaired) electrons. The summed E-state index contributed by atoms with van der Waals surface area (Å²) in [6, 6.07) is 9.19. The molecule has 1 saturated heterocycles. The molecule has 0 N–H and O–H groups in total. The number of epoxide rings is 1. The van der Waals surface area contributed by atoms with E-state index in [-0.39, 0.29) is 23.6 Å². The molecule has 1 fully saturated rings. The fourth-order valence-corrected chi connectivity index (χ4v) is 3.35. The van der Waals surface area contributed by atoms with Crippen molar-refractivity contribution in [3.8, 4) is 0 Å². The Morgan fingerprint density at radius 2 is 1.17 bits per heavy atom. The summed E-state index contributed by atoms with van der Waals surface area (Å²) < 4.78 is 6.74. The predicted octanol–water partition coefficient (Wildman–Crippen LogP) is 4.84. The van der Waals surface area contributed by atoms with E-state index < -0.39 is 9.85 Å². The lowest BCUT2D eigenvalue weighted by atomic mass is 10.0. The third-order valence-electron chi connectivity index (χ3n) is 3.38. The maximum Gasteiger partial charge on any atom is 0.270 e. The molecule has 1 aliphatic heterocycles. The minimum Gasteiger partial charge on any atom is -0.359 e. The minimum absolute atomic E-state index is 0.0381. The van der Waals surface area contributed by atoms with Gasteiger partial charge in [0.2, 0.25) is 0 Å². The van der Waals surface area contributed by atoms with Crippen LogP contribution in [0.2, 0.25) is 0 Å². The van der Waals surface area contributed by atoms with Crippen molar-refractivity contribution >= 4 is 43.2 Å². The number of hydrogen-bond donors (Lipinski definition) is 0. The smallest absolute Gasteiger partial charge is 0.270 e. The van der Waals surface area contributed by atoms with Gasteiger partial charge in [0.05, 0.1) is 9.85 Å². The number of halogens is 2. The number of nitro benzene ring substituents is 2. The molecule has 0 unspecified atom stereocenters. The normalized spacial score (nSPS) is 19.4. The van der Waals surface area contributed by atoms with Crippen LogP contribution in [0, 0.1) is 20.2 Å². The second-order valence-corrected chi connectivity index (χ2v) is 6.81. The highest BCUT2D eigenvalue weighted by Crippen LogP contribution is 2.52. The van der Waals surface area contributed by atoms with Crippen molar-refractivity contribution < 1.29 is 14.6 Å². The van der Waals surface area contributed by atoms with Gasteiger partial charge in [-0.3, -0.25) is 20.2 Å². The van der Waals surface area contributed by atoms with E-state index in [2.05, 4.69) is 31.9 Å². The number of ether oxygens (including phenoxy) is 1. The largest absolute Gasteiger partial charge is 0.359 e. The predicted molar refractivity (Wildman–Crippen MR) is 88.2 cm³/mol. The molecule has 118 valence electrons. The van der Waals surface area contributed by atoms with Gasteiger partial charge in [-0.25, -0.2) is 0 Å². The molecule has 0 aliphatic carbocycles. The van der Waals surface area contributed by atoms with Gasteiger partial charge >= 0.3 is 0 Å². The van der Waals surface area contributed by atoms with Crippen LogP contribution < -0.4 is 0 Å². The molecule has 2 aromatic carbocycles. The van der Waals surface area contributed by atoms with Crippen LogP contribution >= 0.6 is 31.9 Å². The van der Waals surface area contributed by atoms with E-state index in [0.29, 0.717) is 20.1 Å². The van der Waals surface area contributed by atoms with Crippen LogP contribution in [0.15, 0.2) is 45.3 Å². The van der Waals surface area contributed by atoms with Crippen molar-refractivity contribution in [3.05, 3.63) is 76.7 Å². The molecule has 23 heavy (non-hydrogen) atoms. The highest BCUT2D eigenvalue weighted by molar-refractivity contribution is 9.10. The first-order chi connectivity index (χ1) is 10.8. The molecule has 9 heteroatoms. The summed E-state index contributed by atoms with van der Waals surface area (Å²) in [6.45, 7) is 0. The van der Waals surface area contributed by atoms with Crippen LogP contribution in [0.25, 0.3) is 0 Å². The Labute approximate surface area is 146 Å². The van der Waals surface area contributed by atoms with Crippen molar-refractivity contribution in [2.45, 2.75) is 12.2 Å². The molecule has 0 bridgehead atoms. The molecule has 0 amide bonds. The first-order valence-corrected chi connectivity index (χ1v) is 7.99. The number of benzene rings is 2. The Morgan fingerprint density at radius 1 is 0.783 bits per heavy atom. The van der Waals surface area contributed by atoms with Gasteiger partial charge < -0.3 is 4.74 Å². The average molecular weight is 444 g/mol. The first-order valence-electron chi connectivity index (χ1n) is 6.40. The van der Waals surface area contributed by atoms with Crippen LogP contribution in [-0.2, 0) is 4.74 Å². The molecular weight excluding hydrogens is 436 g/mol. The van der Waals surface area contributed by atoms with Gasteiger partial charge in [-0.15, -0.1) is 0 Å². The molecule has 0 aromatic heterocycles. The van der Waals surface area contributed by atoms with E-state index >= 15 is 0 Å². The summed E-state index contributed by atoms with van der Waals surface area (Å²) >= 11 is 6.48. The fourth-order valence-electron chi connectivity index (χ4n) is 2.35. The number of nitrogens with zero attached hydrogens (tertiary/aromatic N) is 2. The number of non-ortho nitro benzene ring substituents is 2. The maximum atomic E-state index is 10.9. The SMILES string of the molecule is O=[N+]([O-])c1cc(Br)cc([C@@H]2O[C@H]2c2cc(Br)cc([N+](=O)[O-])c2)c1. The Morgan fingerprint density at radius 3 is 1.52 bits per heavy atom. The highest BCUT2D eigenvalue weighted by atomic mass is 79.9. The van der Waals surface area contributed by atoms with E-state index in [1.165, 1.54) is 24.3 Å².